The Kier molecular flexibility index (Phi) is 4.36. The van der Waals surface area contributed by atoms with Gasteiger partial charge in [0, 0.05) is 19.8 Å². The van der Waals surface area contributed by atoms with Crippen molar-refractivity contribution in [1.29, 1.82) is 0 Å². The Hall–Kier alpha value is -0.920. The van der Waals surface area contributed by atoms with Crippen LogP contribution in [0.4, 0.5) is 0 Å². The lowest BCUT2D eigenvalue weighted by atomic mass is 10.2. The van der Waals surface area contributed by atoms with Crippen molar-refractivity contribution in [3.8, 4) is 0 Å². The van der Waals surface area contributed by atoms with E-state index in [4.69, 9.17) is 0 Å². The fourth-order valence-corrected chi connectivity index (χ4v) is 3.64. The molecule has 7 heteroatoms. The Balaban J connectivity index is 1.81. The first-order valence-electron chi connectivity index (χ1n) is 6.24. The van der Waals surface area contributed by atoms with Crippen molar-refractivity contribution >= 4 is 10.0 Å². The summed E-state index contributed by atoms with van der Waals surface area (Å²) in [6.07, 6.45) is 5.74. The van der Waals surface area contributed by atoms with Crippen LogP contribution in [0.2, 0.25) is 0 Å². The van der Waals surface area contributed by atoms with Gasteiger partial charge in [-0.05, 0) is 37.9 Å². The van der Waals surface area contributed by atoms with Gasteiger partial charge in [-0.2, -0.15) is 5.10 Å². The Labute approximate surface area is 108 Å². The van der Waals surface area contributed by atoms with Gasteiger partial charge < -0.3 is 5.32 Å². The van der Waals surface area contributed by atoms with E-state index in [0.717, 1.165) is 18.7 Å². The van der Waals surface area contributed by atoms with Crippen LogP contribution >= 0.6 is 0 Å². The zero-order chi connectivity index (χ0) is 13.0. The zero-order valence-corrected chi connectivity index (χ0v) is 11.4. The molecule has 0 radical (unpaired) electrons. The molecular weight excluding hydrogens is 252 g/mol. The number of aryl methyl sites for hydroxylation is 1. The Morgan fingerprint density at radius 2 is 2.22 bits per heavy atom. The predicted octanol–water partition coefficient (Wildman–Crippen LogP) is -0.366. The molecule has 0 bridgehead atoms. The SMILES string of the molecule is Cn1cc(CCNS(=O)(=O)C2CCNCC2)cn1. The second-order valence-corrected chi connectivity index (χ2v) is 6.71. The van der Waals surface area contributed by atoms with Crippen molar-refractivity contribution in [2.45, 2.75) is 24.5 Å². The molecule has 2 rings (SSSR count). The van der Waals surface area contributed by atoms with Gasteiger partial charge in [0.25, 0.3) is 0 Å². The number of aromatic nitrogens is 2. The maximum Gasteiger partial charge on any atom is 0.214 e. The monoisotopic (exact) mass is 272 g/mol. The summed E-state index contributed by atoms with van der Waals surface area (Å²) in [6, 6.07) is 0. The van der Waals surface area contributed by atoms with Crippen molar-refractivity contribution in [3.63, 3.8) is 0 Å². The number of sulfonamides is 1. The van der Waals surface area contributed by atoms with Crippen LogP contribution in [0, 0.1) is 0 Å². The van der Waals surface area contributed by atoms with Gasteiger partial charge in [0.05, 0.1) is 11.4 Å². The van der Waals surface area contributed by atoms with Crippen molar-refractivity contribution in [1.82, 2.24) is 19.8 Å². The summed E-state index contributed by atoms with van der Waals surface area (Å²) < 4.78 is 28.5. The van der Waals surface area contributed by atoms with Gasteiger partial charge in [-0.25, -0.2) is 13.1 Å². The molecule has 1 aliphatic rings. The third kappa shape index (κ3) is 3.54. The van der Waals surface area contributed by atoms with E-state index in [0.29, 0.717) is 25.8 Å². The molecule has 0 saturated carbocycles. The molecule has 18 heavy (non-hydrogen) atoms. The molecule has 2 heterocycles. The van der Waals surface area contributed by atoms with Crippen LogP contribution in [0.15, 0.2) is 12.4 Å². The highest BCUT2D eigenvalue weighted by Gasteiger charge is 2.26. The number of nitrogens with one attached hydrogen (secondary N) is 2. The molecule has 2 N–H and O–H groups in total. The Bertz CT molecular complexity index is 477. The fourth-order valence-electron chi connectivity index (χ4n) is 2.16. The van der Waals surface area contributed by atoms with Crippen molar-refractivity contribution in [2.75, 3.05) is 19.6 Å². The number of piperidine rings is 1. The molecule has 6 nitrogen and oxygen atoms in total. The lowest BCUT2D eigenvalue weighted by Crippen LogP contribution is -2.42. The molecule has 0 spiro atoms. The molecule has 1 saturated heterocycles. The van der Waals surface area contributed by atoms with E-state index < -0.39 is 10.0 Å². The smallest absolute Gasteiger partial charge is 0.214 e. The summed E-state index contributed by atoms with van der Waals surface area (Å²) in [5.41, 5.74) is 1.05. The summed E-state index contributed by atoms with van der Waals surface area (Å²) >= 11 is 0. The topological polar surface area (TPSA) is 76.0 Å². The second kappa shape index (κ2) is 5.81. The van der Waals surface area contributed by atoms with Gasteiger partial charge in [0.15, 0.2) is 0 Å². The summed E-state index contributed by atoms with van der Waals surface area (Å²) in [6.45, 7) is 2.01. The highest BCUT2D eigenvalue weighted by molar-refractivity contribution is 7.90. The number of hydrogen-bond donors (Lipinski definition) is 2. The first kappa shape index (κ1) is 13.5. The quantitative estimate of drug-likeness (QED) is 0.767. The lowest BCUT2D eigenvalue weighted by Gasteiger charge is -2.22. The normalized spacial score (nSPS) is 18.1. The maximum absolute atomic E-state index is 12.0. The lowest BCUT2D eigenvalue weighted by molar-refractivity contribution is 0.489. The molecule has 1 aromatic heterocycles. The van der Waals surface area contributed by atoms with E-state index in [9.17, 15) is 8.42 Å². The molecular formula is C11H20N4O2S. The standard InChI is InChI=1S/C11H20N4O2S/c1-15-9-10(8-13-15)2-7-14-18(16,17)11-3-5-12-6-4-11/h8-9,11-12,14H,2-7H2,1H3. The Morgan fingerprint density at radius 1 is 1.50 bits per heavy atom. The van der Waals surface area contributed by atoms with Gasteiger partial charge >= 0.3 is 0 Å². The Morgan fingerprint density at radius 3 is 2.83 bits per heavy atom. The molecule has 0 aliphatic carbocycles. The highest BCUT2D eigenvalue weighted by atomic mass is 32.2. The minimum atomic E-state index is -3.16. The second-order valence-electron chi connectivity index (χ2n) is 4.66. The maximum atomic E-state index is 12.0. The molecule has 0 aromatic carbocycles. The van der Waals surface area contributed by atoms with E-state index in [-0.39, 0.29) is 5.25 Å². The molecule has 0 unspecified atom stereocenters. The molecule has 1 aromatic rings. The average molecular weight is 272 g/mol. The summed E-state index contributed by atoms with van der Waals surface area (Å²) in [5, 5.41) is 6.98. The van der Waals surface area contributed by atoms with E-state index in [1.54, 1.807) is 10.9 Å². The van der Waals surface area contributed by atoms with Crippen LogP contribution in [0.1, 0.15) is 18.4 Å². The average Bonchev–Trinajstić information content (AvgIpc) is 2.76. The zero-order valence-electron chi connectivity index (χ0n) is 10.6. The number of nitrogens with zero attached hydrogens (tertiary/aromatic N) is 2. The van der Waals surface area contributed by atoms with Gasteiger partial charge in [-0.15, -0.1) is 0 Å². The van der Waals surface area contributed by atoms with Crippen LogP contribution in [0.3, 0.4) is 0 Å². The van der Waals surface area contributed by atoms with Gasteiger partial charge in [-0.1, -0.05) is 0 Å². The molecule has 0 amide bonds. The van der Waals surface area contributed by atoms with E-state index in [1.165, 1.54) is 0 Å². The fraction of sp³-hybridized carbons (Fsp3) is 0.727. The number of hydrogen-bond acceptors (Lipinski definition) is 4. The minimum absolute atomic E-state index is 0.243. The summed E-state index contributed by atoms with van der Waals surface area (Å²) in [4.78, 5) is 0. The predicted molar refractivity (Wildman–Crippen MR) is 69.7 cm³/mol. The van der Waals surface area contributed by atoms with Crippen LogP contribution < -0.4 is 10.0 Å². The van der Waals surface area contributed by atoms with Gasteiger partial charge in [0.1, 0.15) is 0 Å². The summed E-state index contributed by atoms with van der Waals surface area (Å²) in [5.74, 6) is 0. The highest BCUT2D eigenvalue weighted by Crippen LogP contribution is 2.11. The van der Waals surface area contributed by atoms with Crippen LogP contribution in [-0.2, 0) is 23.5 Å². The van der Waals surface area contributed by atoms with Crippen LogP contribution in [0.5, 0.6) is 0 Å². The van der Waals surface area contributed by atoms with Gasteiger partial charge in [-0.3, -0.25) is 4.68 Å². The van der Waals surface area contributed by atoms with Crippen molar-refractivity contribution in [3.05, 3.63) is 18.0 Å². The largest absolute Gasteiger partial charge is 0.317 e. The molecule has 1 fully saturated rings. The minimum Gasteiger partial charge on any atom is -0.317 e. The molecule has 0 atom stereocenters. The van der Waals surface area contributed by atoms with Crippen molar-refractivity contribution in [2.24, 2.45) is 7.05 Å². The van der Waals surface area contributed by atoms with Crippen LogP contribution in [0.25, 0.3) is 0 Å². The van der Waals surface area contributed by atoms with Gasteiger partial charge in [0.2, 0.25) is 10.0 Å². The summed E-state index contributed by atoms with van der Waals surface area (Å²) in [7, 11) is -1.31. The first-order valence-corrected chi connectivity index (χ1v) is 7.79. The number of rotatable bonds is 5. The third-order valence-electron chi connectivity index (χ3n) is 3.20. The molecule has 102 valence electrons. The van der Waals surface area contributed by atoms with Crippen molar-refractivity contribution < 1.29 is 8.42 Å². The van der Waals surface area contributed by atoms with Crippen LogP contribution in [-0.4, -0.2) is 43.1 Å². The van der Waals surface area contributed by atoms with E-state index >= 15 is 0 Å². The molecule has 1 aliphatic heterocycles. The van der Waals surface area contributed by atoms with E-state index in [1.807, 2.05) is 13.2 Å². The third-order valence-corrected chi connectivity index (χ3v) is 5.16. The van der Waals surface area contributed by atoms with E-state index in [2.05, 4.69) is 15.1 Å². The first-order chi connectivity index (χ1) is 8.58.